The van der Waals surface area contributed by atoms with Crippen molar-refractivity contribution in [3.05, 3.63) is 0 Å². The van der Waals surface area contributed by atoms with Crippen molar-refractivity contribution in [1.82, 2.24) is 15.5 Å². The second-order valence-corrected chi connectivity index (χ2v) is 11.6. The molecule has 0 aromatic rings. The normalized spacial score (nSPS) is 38.3. The van der Waals surface area contributed by atoms with Crippen molar-refractivity contribution in [2.24, 2.45) is 23.7 Å². The molecule has 5 nitrogen and oxygen atoms in total. The number of halogens is 1. The van der Waals surface area contributed by atoms with Crippen LogP contribution in [0.4, 0.5) is 0 Å². The molecule has 3 fully saturated rings. The monoisotopic (exact) mass is 457 g/mol. The van der Waals surface area contributed by atoms with E-state index in [0.29, 0.717) is 18.6 Å². The van der Waals surface area contributed by atoms with Gasteiger partial charge in [0.05, 0.1) is 5.92 Å². The Morgan fingerprint density at radius 2 is 1.90 bits per heavy atom. The van der Waals surface area contributed by atoms with Crippen LogP contribution in [0.15, 0.2) is 0 Å². The van der Waals surface area contributed by atoms with E-state index in [0.717, 1.165) is 25.8 Å². The van der Waals surface area contributed by atoms with Crippen LogP contribution >= 0.6 is 23.4 Å². The minimum atomic E-state index is -0.140. The highest BCUT2D eigenvalue weighted by Crippen LogP contribution is 2.38. The molecule has 2 saturated heterocycles. The first kappa shape index (κ1) is 24.2. The molecule has 3 aliphatic rings. The van der Waals surface area contributed by atoms with E-state index in [2.05, 4.69) is 48.1 Å². The van der Waals surface area contributed by atoms with Gasteiger partial charge in [0.2, 0.25) is 11.8 Å². The van der Waals surface area contributed by atoms with Crippen LogP contribution in [0, 0.1) is 23.7 Å². The third kappa shape index (κ3) is 5.66. The maximum atomic E-state index is 13.2. The zero-order valence-electron chi connectivity index (χ0n) is 19.0. The number of nitrogens with one attached hydrogen (secondary N) is 2. The Bertz CT molecular complexity index is 601. The van der Waals surface area contributed by atoms with E-state index in [1.165, 1.54) is 24.3 Å². The molecule has 2 N–H and O–H groups in total. The summed E-state index contributed by atoms with van der Waals surface area (Å²) in [4.78, 5) is 28.2. The largest absolute Gasteiger partial charge is 0.355 e. The van der Waals surface area contributed by atoms with E-state index < -0.39 is 0 Å². The molecule has 0 bridgehead atoms. The molecule has 7 heteroatoms. The molecule has 2 heterocycles. The van der Waals surface area contributed by atoms with E-state index in [4.69, 9.17) is 11.6 Å². The Morgan fingerprint density at radius 1 is 1.20 bits per heavy atom. The molecule has 7 atom stereocenters. The standard InChI is InChI=1S/C23H40ClN3O2S/c1-5-27(18-6-8-30-9-7-18)21-12-17(24)11-19(16(21)4)22(28)25-13-20-14(2)10-15(3)26-23(20)29/h14-21H,5-13H2,1-4H3,(H,25,28)(H,26,29). The van der Waals surface area contributed by atoms with Gasteiger partial charge in [0.1, 0.15) is 0 Å². The van der Waals surface area contributed by atoms with E-state index in [1.54, 1.807) is 0 Å². The van der Waals surface area contributed by atoms with Crippen molar-refractivity contribution in [1.29, 1.82) is 0 Å². The summed E-state index contributed by atoms with van der Waals surface area (Å²) in [5.74, 6) is 2.94. The first-order chi connectivity index (χ1) is 14.3. The molecule has 7 unspecified atom stereocenters. The van der Waals surface area contributed by atoms with Crippen molar-refractivity contribution in [3.8, 4) is 0 Å². The van der Waals surface area contributed by atoms with Crippen LogP contribution in [0.1, 0.15) is 59.8 Å². The van der Waals surface area contributed by atoms with E-state index in [-0.39, 0.29) is 46.9 Å². The van der Waals surface area contributed by atoms with Crippen molar-refractivity contribution in [2.75, 3.05) is 24.6 Å². The van der Waals surface area contributed by atoms with Gasteiger partial charge in [-0.3, -0.25) is 14.5 Å². The van der Waals surface area contributed by atoms with E-state index in [9.17, 15) is 9.59 Å². The molecule has 0 radical (unpaired) electrons. The summed E-state index contributed by atoms with van der Waals surface area (Å²) in [6.45, 7) is 10.1. The summed E-state index contributed by atoms with van der Waals surface area (Å²) in [6, 6.07) is 1.19. The molecule has 2 aliphatic heterocycles. The van der Waals surface area contributed by atoms with Crippen LogP contribution in [-0.2, 0) is 9.59 Å². The summed E-state index contributed by atoms with van der Waals surface area (Å²) >= 11 is 8.74. The molecule has 0 aromatic heterocycles. The highest BCUT2D eigenvalue weighted by Gasteiger charge is 2.42. The lowest BCUT2D eigenvalue weighted by atomic mass is 9.74. The van der Waals surface area contributed by atoms with Gasteiger partial charge in [-0.25, -0.2) is 0 Å². The predicted molar refractivity (Wildman–Crippen MR) is 126 cm³/mol. The molecular formula is C23H40ClN3O2S. The first-order valence-corrected chi connectivity index (χ1v) is 13.5. The molecule has 0 aromatic carbocycles. The highest BCUT2D eigenvalue weighted by atomic mass is 35.5. The third-order valence-corrected chi connectivity index (χ3v) is 9.08. The van der Waals surface area contributed by atoms with Crippen molar-refractivity contribution in [3.63, 3.8) is 0 Å². The van der Waals surface area contributed by atoms with Gasteiger partial charge >= 0.3 is 0 Å². The van der Waals surface area contributed by atoms with Gasteiger partial charge in [-0.15, -0.1) is 11.6 Å². The lowest BCUT2D eigenvalue weighted by molar-refractivity contribution is -0.132. The second-order valence-electron chi connectivity index (χ2n) is 9.75. The number of carbonyl (C=O) groups is 2. The molecule has 172 valence electrons. The average molecular weight is 458 g/mol. The third-order valence-electron chi connectivity index (χ3n) is 7.67. The minimum absolute atomic E-state index is 0.0340. The van der Waals surface area contributed by atoms with Crippen LogP contribution in [0.3, 0.4) is 0 Å². The van der Waals surface area contributed by atoms with Crippen molar-refractivity contribution in [2.45, 2.75) is 83.3 Å². The van der Waals surface area contributed by atoms with Gasteiger partial charge in [-0.2, -0.15) is 11.8 Å². The fourth-order valence-corrected chi connectivity index (χ4v) is 7.38. The highest BCUT2D eigenvalue weighted by molar-refractivity contribution is 7.99. The molecule has 0 spiro atoms. The van der Waals surface area contributed by atoms with Gasteiger partial charge < -0.3 is 10.6 Å². The Labute approximate surface area is 191 Å². The quantitative estimate of drug-likeness (QED) is 0.599. The zero-order valence-corrected chi connectivity index (χ0v) is 20.6. The number of hydrogen-bond donors (Lipinski definition) is 2. The number of alkyl halides is 1. The summed E-state index contributed by atoms with van der Waals surface area (Å²) in [5, 5.41) is 6.18. The van der Waals surface area contributed by atoms with Gasteiger partial charge in [0.15, 0.2) is 0 Å². The van der Waals surface area contributed by atoms with E-state index >= 15 is 0 Å². The summed E-state index contributed by atoms with van der Waals surface area (Å²) in [5.41, 5.74) is 0. The summed E-state index contributed by atoms with van der Waals surface area (Å²) in [7, 11) is 0. The van der Waals surface area contributed by atoms with Crippen LogP contribution in [0.2, 0.25) is 0 Å². The number of hydrogen-bond acceptors (Lipinski definition) is 4. The fraction of sp³-hybridized carbons (Fsp3) is 0.913. The smallest absolute Gasteiger partial charge is 0.225 e. The molecule has 2 amide bonds. The maximum absolute atomic E-state index is 13.2. The van der Waals surface area contributed by atoms with Crippen LogP contribution in [0.5, 0.6) is 0 Å². The molecule has 1 aliphatic carbocycles. The van der Waals surface area contributed by atoms with Crippen molar-refractivity contribution < 1.29 is 9.59 Å². The fourth-order valence-electron chi connectivity index (χ4n) is 5.92. The molecular weight excluding hydrogens is 418 g/mol. The van der Waals surface area contributed by atoms with Gasteiger partial charge in [0.25, 0.3) is 0 Å². The van der Waals surface area contributed by atoms with E-state index in [1.807, 2.05) is 6.92 Å². The summed E-state index contributed by atoms with van der Waals surface area (Å²) < 4.78 is 0. The zero-order chi connectivity index (χ0) is 21.8. The van der Waals surface area contributed by atoms with Crippen LogP contribution in [0.25, 0.3) is 0 Å². The summed E-state index contributed by atoms with van der Waals surface area (Å²) in [6.07, 6.45) is 5.12. The SMILES string of the molecule is CCN(C1CCSCC1)C1CC(Cl)CC(C(=O)NCC2C(=O)NC(C)CC2C)C1C. The second kappa shape index (κ2) is 10.9. The van der Waals surface area contributed by atoms with Crippen LogP contribution < -0.4 is 10.6 Å². The van der Waals surface area contributed by atoms with Gasteiger partial charge in [-0.05, 0) is 68.9 Å². The van der Waals surface area contributed by atoms with Gasteiger partial charge in [0, 0.05) is 36.0 Å². The Kier molecular flexibility index (Phi) is 8.80. The maximum Gasteiger partial charge on any atom is 0.225 e. The lowest BCUT2D eigenvalue weighted by Gasteiger charge is -2.47. The first-order valence-electron chi connectivity index (χ1n) is 11.9. The Morgan fingerprint density at radius 3 is 2.53 bits per heavy atom. The molecule has 3 rings (SSSR count). The van der Waals surface area contributed by atoms with Gasteiger partial charge in [-0.1, -0.05) is 20.8 Å². The lowest BCUT2D eigenvalue weighted by Crippen LogP contribution is -2.55. The van der Waals surface area contributed by atoms with Crippen molar-refractivity contribution >= 4 is 35.2 Å². The number of rotatable bonds is 6. The predicted octanol–water partition coefficient (Wildman–Crippen LogP) is 3.50. The number of nitrogens with zero attached hydrogens (tertiary/aromatic N) is 1. The number of amides is 2. The average Bonchev–Trinajstić information content (AvgIpc) is 2.70. The van der Waals surface area contributed by atoms with Crippen LogP contribution in [-0.4, -0.2) is 64.8 Å². The molecule has 1 saturated carbocycles. The molecule has 30 heavy (non-hydrogen) atoms. The topological polar surface area (TPSA) is 61.4 Å². The minimum Gasteiger partial charge on any atom is -0.355 e. The Balaban J connectivity index is 1.62. The number of thioether (sulfide) groups is 1. The number of piperidine rings is 1. The Hall–Kier alpha value is -0.460. The number of carbonyl (C=O) groups excluding carboxylic acids is 2.